The maximum atomic E-state index is 14.0. The van der Waals surface area contributed by atoms with E-state index in [2.05, 4.69) is 69.3 Å². The van der Waals surface area contributed by atoms with Crippen LogP contribution in [0.5, 0.6) is 0 Å². The molecular weight excluding hydrogens is 435 g/mol. The van der Waals surface area contributed by atoms with Gasteiger partial charge in [-0.1, -0.05) is 83.2 Å². The molecule has 0 bridgehead atoms. The molecule has 3 heteroatoms. The average Bonchev–Trinajstić information content (AvgIpc) is 2.87. The molecule has 1 atom stereocenters. The number of hydrogen-bond donors (Lipinski definition) is 0. The molecule has 0 amide bonds. The van der Waals surface area contributed by atoms with Crippen LogP contribution in [0.25, 0.3) is 0 Å². The average molecular weight is 485 g/mol. The predicted molar refractivity (Wildman–Crippen MR) is 149 cm³/mol. The van der Waals surface area contributed by atoms with E-state index in [0.29, 0.717) is 42.6 Å². The van der Waals surface area contributed by atoms with Gasteiger partial charge in [0.1, 0.15) is 12.4 Å². The normalized spacial score (nSPS) is 20.5. The van der Waals surface area contributed by atoms with Crippen molar-refractivity contribution >= 4 is 0 Å². The molecule has 1 fully saturated rings. The van der Waals surface area contributed by atoms with Gasteiger partial charge in [-0.05, 0) is 81.3 Å². The van der Waals surface area contributed by atoms with Gasteiger partial charge < -0.3 is 9.47 Å². The molecule has 1 saturated carbocycles. The molecule has 1 aliphatic carbocycles. The molecule has 0 spiro atoms. The van der Waals surface area contributed by atoms with Crippen molar-refractivity contribution < 1.29 is 13.9 Å². The Morgan fingerprint density at radius 3 is 2.14 bits per heavy atom. The maximum Gasteiger partial charge on any atom is 0.163 e. The van der Waals surface area contributed by atoms with Crippen LogP contribution in [0.15, 0.2) is 72.0 Å². The first-order chi connectivity index (χ1) is 16.8. The fourth-order valence-electron chi connectivity index (χ4n) is 4.13. The molecule has 1 aromatic carbocycles. The van der Waals surface area contributed by atoms with Crippen molar-refractivity contribution in [1.29, 1.82) is 0 Å². The SMILES string of the molecule is CC.CCO/C(C)=C(F)/C=C(\C)OCc1ccc(C2CCC(/C=C/C(C)/C=C\C(C)C)CC2)cc1. The summed E-state index contributed by atoms with van der Waals surface area (Å²) in [5.74, 6) is 2.91. The Morgan fingerprint density at radius 2 is 1.57 bits per heavy atom. The summed E-state index contributed by atoms with van der Waals surface area (Å²) in [5.41, 5.74) is 2.51. The highest BCUT2D eigenvalue weighted by molar-refractivity contribution is 5.26. The first-order valence-corrected chi connectivity index (χ1v) is 13.5. The van der Waals surface area contributed by atoms with Gasteiger partial charge in [-0.3, -0.25) is 0 Å². The number of hydrogen-bond acceptors (Lipinski definition) is 2. The minimum atomic E-state index is -0.392. The molecule has 1 unspecified atom stereocenters. The molecule has 0 saturated heterocycles. The standard InChI is InChI=1S/C30H43FO2.C2H6/c1-7-32-25(6)30(31)20-24(5)33-21-27-14-18-29(19-15-27)28-16-12-26(13-17-28)11-10-23(4)9-8-22(2)3;1-2/h8-11,14-15,18-20,22-23,26,28H,7,12-13,16-17,21H2,1-6H3;1-2H3/b9-8-,11-10+,24-20+,30-25-;. The summed E-state index contributed by atoms with van der Waals surface area (Å²) in [5, 5.41) is 0. The predicted octanol–water partition coefficient (Wildman–Crippen LogP) is 10.0. The minimum Gasteiger partial charge on any atom is -0.495 e. The summed E-state index contributed by atoms with van der Waals surface area (Å²) in [6, 6.07) is 8.73. The third kappa shape index (κ3) is 12.3. The van der Waals surface area contributed by atoms with Crippen molar-refractivity contribution in [3.63, 3.8) is 0 Å². The number of halogens is 1. The van der Waals surface area contributed by atoms with Crippen molar-refractivity contribution in [3.05, 3.63) is 83.1 Å². The summed E-state index contributed by atoms with van der Waals surface area (Å²) in [4.78, 5) is 0. The molecular formula is C32H49FO2. The van der Waals surface area contributed by atoms with E-state index in [1.54, 1.807) is 13.8 Å². The number of benzene rings is 1. The van der Waals surface area contributed by atoms with Crippen molar-refractivity contribution in [2.24, 2.45) is 17.8 Å². The van der Waals surface area contributed by atoms with E-state index in [9.17, 15) is 4.39 Å². The zero-order valence-electron chi connectivity index (χ0n) is 23.4. The molecule has 0 aliphatic heterocycles. The van der Waals surface area contributed by atoms with Gasteiger partial charge in [0.25, 0.3) is 0 Å². The van der Waals surface area contributed by atoms with E-state index < -0.39 is 5.83 Å². The van der Waals surface area contributed by atoms with Crippen LogP contribution in [0, 0.1) is 17.8 Å². The van der Waals surface area contributed by atoms with E-state index >= 15 is 0 Å². The fraction of sp³-hybridized carbons (Fsp3) is 0.562. The van der Waals surface area contributed by atoms with Crippen molar-refractivity contribution in [3.8, 4) is 0 Å². The Kier molecular flexibility index (Phi) is 15.1. The highest BCUT2D eigenvalue weighted by Gasteiger charge is 2.20. The lowest BCUT2D eigenvalue weighted by Gasteiger charge is -2.27. The second-order valence-electron chi connectivity index (χ2n) is 9.61. The topological polar surface area (TPSA) is 18.5 Å². The van der Waals surface area contributed by atoms with Crippen LogP contribution in [0.1, 0.15) is 98.1 Å². The molecule has 0 aromatic heterocycles. The lowest BCUT2D eigenvalue weighted by molar-refractivity contribution is 0.197. The van der Waals surface area contributed by atoms with Gasteiger partial charge in [-0.15, -0.1) is 0 Å². The Labute approximate surface area is 215 Å². The maximum absolute atomic E-state index is 14.0. The largest absolute Gasteiger partial charge is 0.495 e. The summed E-state index contributed by atoms with van der Waals surface area (Å²) in [6.07, 6.45) is 15.8. The molecule has 35 heavy (non-hydrogen) atoms. The van der Waals surface area contributed by atoms with Crippen LogP contribution in [0.2, 0.25) is 0 Å². The van der Waals surface area contributed by atoms with Crippen LogP contribution < -0.4 is 0 Å². The molecule has 0 N–H and O–H groups in total. The van der Waals surface area contributed by atoms with Gasteiger partial charge in [-0.25, -0.2) is 4.39 Å². The van der Waals surface area contributed by atoms with Crippen molar-refractivity contribution in [1.82, 2.24) is 0 Å². The first-order valence-electron chi connectivity index (χ1n) is 13.5. The number of ether oxygens (including phenoxy) is 2. The number of rotatable bonds is 11. The zero-order chi connectivity index (χ0) is 26.2. The Morgan fingerprint density at radius 1 is 0.943 bits per heavy atom. The van der Waals surface area contributed by atoms with E-state index in [1.807, 2.05) is 20.8 Å². The van der Waals surface area contributed by atoms with Gasteiger partial charge in [0, 0.05) is 6.08 Å². The Balaban J connectivity index is 0.00000298. The molecule has 196 valence electrons. The third-order valence-corrected chi connectivity index (χ3v) is 6.20. The zero-order valence-corrected chi connectivity index (χ0v) is 23.4. The fourth-order valence-corrected chi connectivity index (χ4v) is 4.13. The van der Waals surface area contributed by atoms with Gasteiger partial charge in [0.15, 0.2) is 5.83 Å². The Hall–Kier alpha value is -2.29. The quantitative estimate of drug-likeness (QED) is 0.177. The lowest BCUT2D eigenvalue weighted by atomic mass is 9.78. The summed E-state index contributed by atoms with van der Waals surface area (Å²) < 4.78 is 24.9. The highest BCUT2D eigenvalue weighted by atomic mass is 19.1. The smallest absolute Gasteiger partial charge is 0.163 e. The monoisotopic (exact) mass is 484 g/mol. The van der Waals surface area contributed by atoms with E-state index in [-0.39, 0.29) is 5.76 Å². The molecule has 0 heterocycles. The summed E-state index contributed by atoms with van der Waals surface area (Å²) >= 11 is 0. The minimum absolute atomic E-state index is 0.285. The van der Waals surface area contributed by atoms with Crippen LogP contribution in [-0.4, -0.2) is 6.61 Å². The summed E-state index contributed by atoms with van der Waals surface area (Å²) in [7, 11) is 0. The molecule has 0 radical (unpaired) electrons. The van der Waals surface area contributed by atoms with E-state index in [1.165, 1.54) is 37.3 Å². The van der Waals surface area contributed by atoms with Crippen LogP contribution >= 0.6 is 0 Å². The number of allylic oxidation sites excluding steroid dienone is 8. The third-order valence-electron chi connectivity index (χ3n) is 6.20. The molecule has 1 aliphatic rings. The van der Waals surface area contributed by atoms with E-state index in [0.717, 1.165) is 5.56 Å². The first kappa shape index (κ1) is 30.7. The molecule has 2 rings (SSSR count). The second-order valence-corrected chi connectivity index (χ2v) is 9.61. The van der Waals surface area contributed by atoms with Gasteiger partial charge >= 0.3 is 0 Å². The second kappa shape index (κ2) is 17.2. The van der Waals surface area contributed by atoms with Crippen LogP contribution in [-0.2, 0) is 16.1 Å². The van der Waals surface area contributed by atoms with Crippen LogP contribution in [0.3, 0.4) is 0 Å². The molecule has 1 aromatic rings. The van der Waals surface area contributed by atoms with Gasteiger partial charge in [-0.2, -0.15) is 0 Å². The lowest BCUT2D eigenvalue weighted by Crippen LogP contribution is -2.12. The molecule has 2 nitrogen and oxygen atoms in total. The van der Waals surface area contributed by atoms with Crippen molar-refractivity contribution in [2.45, 2.75) is 93.6 Å². The van der Waals surface area contributed by atoms with Gasteiger partial charge in [0.2, 0.25) is 0 Å². The van der Waals surface area contributed by atoms with Crippen molar-refractivity contribution in [2.75, 3.05) is 6.61 Å². The van der Waals surface area contributed by atoms with Crippen LogP contribution in [0.4, 0.5) is 4.39 Å². The highest BCUT2D eigenvalue weighted by Crippen LogP contribution is 2.36. The van der Waals surface area contributed by atoms with Gasteiger partial charge in [0.05, 0.1) is 12.4 Å². The Bertz CT molecular complexity index is 822. The summed E-state index contributed by atoms with van der Waals surface area (Å²) in [6.45, 7) is 16.8. The van der Waals surface area contributed by atoms with E-state index in [4.69, 9.17) is 9.47 Å².